The van der Waals surface area contributed by atoms with Gasteiger partial charge in [-0.3, -0.25) is 0 Å². The summed E-state index contributed by atoms with van der Waals surface area (Å²) in [5.41, 5.74) is 6.63. The predicted molar refractivity (Wildman–Crippen MR) is 112 cm³/mol. The molecule has 0 saturated heterocycles. The van der Waals surface area contributed by atoms with Crippen LogP contribution >= 0.6 is 11.6 Å². The van der Waals surface area contributed by atoms with Crippen molar-refractivity contribution in [2.45, 2.75) is 13.3 Å². The fourth-order valence-corrected chi connectivity index (χ4v) is 3.36. The summed E-state index contributed by atoms with van der Waals surface area (Å²) < 4.78 is 5.80. The first-order chi connectivity index (χ1) is 13.2. The van der Waals surface area contributed by atoms with E-state index in [1.807, 2.05) is 12.1 Å². The van der Waals surface area contributed by atoms with Gasteiger partial charge in [-0.2, -0.15) is 0 Å². The minimum Gasteiger partial charge on any atom is -0.492 e. The Hall–Kier alpha value is -2.78. The summed E-state index contributed by atoms with van der Waals surface area (Å²) in [5.74, 6) is 2.15. The molecule has 0 amide bonds. The van der Waals surface area contributed by atoms with E-state index in [4.69, 9.17) is 21.3 Å². The first-order valence-electron chi connectivity index (χ1n) is 9.05. The van der Waals surface area contributed by atoms with Crippen LogP contribution in [0.1, 0.15) is 16.7 Å². The highest BCUT2D eigenvalue weighted by atomic mass is 35.5. The number of nitrogens with one attached hydrogen (secondary N) is 1. The predicted octanol–water partition coefficient (Wildman–Crippen LogP) is 5.75. The van der Waals surface area contributed by atoms with E-state index in [0.29, 0.717) is 12.5 Å². The number of benzene rings is 3. The van der Waals surface area contributed by atoms with Gasteiger partial charge in [-0.15, -0.1) is 11.6 Å². The van der Waals surface area contributed by atoms with Crippen molar-refractivity contribution >= 4 is 22.6 Å². The molecule has 0 spiro atoms. The van der Waals surface area contributed by atoms with Gasteiger partial charge in [0.05, 0.1) is 16.9 Å². The van der Waals surface area contributed by atoms with E-state index < -0.39 is 0 Å². The van der Waals surface area contributed by atoms with E-state index in [9.17, 15) is 0 Å². The second kappa shape index (κ2) is 7.85. The first-order valence-corrected chi connectivity index (χ1v) is 9.59. The van der Waals surface area contributed by atoms with Crippen LogP contribution in [0.4, 0.5) is 0 Å². The van der Waals surface area contributed by atoms with Crippen LogP contribution in [0.5, 0.6) is 5.75 Å². The maximum Gasteiger partial charge on any atom is 0.138 e. The summed E-state index contributed by atoms with van der Waals surface area (Å²) in [6.45, 7) is 2.57. The molecular weight excluding hydrogens is 356 g/mol. The lowest BCUT2D eigenvalue weighted by Gasteiger charge is -2.08. The Morgan fingerprint density at radius 2 is 1.85 bits per heavy atom. The standard InChI is InChI=1S/C23H21ClN2O/c1-16-6-5-9-18(12-16)23-25-21-15-20(27-11-10-24)14-19(22(21)26-23)13-17-7-3-2-4-8-17/h2-9,12,14-15H,10-11,13H2,1H3,(H,25,26). The van der Waals surface area contributed by atoms with E-state index in [1.165, 1.54) is 11.1 Å². The molecule has 0 unspecified atom stereocenters. The molecule has 136 valence electrons. The molecule has 4 rings (SSSR count). The highest BCUT2D eigenvalue weighted by Crippen LogP contribution is 2.29. The SMILES string of the molecule is Cc1cccc(-c2nc3c(Cc4ccccc4)cc(OCCCl)cc3[nH]2)c1. The van der Waals surface area contributed by atoms with Gasteiger partial charge >= 0.3 is 0 Å². The van der Waals surface area contributed by atoms with Gasteiger partial charge in [-0.25, -0.2) is 4.98 Å². The molecule has 1 N–H and O–H groups in total. The fourth-order valence-electron chi connectivity index (χ4n) is 3.28. The van der Waals surface area contributed by atoms with Crippen LogP contribution in [-0.4, -0.2) is 22.5 Å². The number of nitrogens with zero attached hydrogens (tertiary/aromatic N) is 1. The van der Waals surface area contributed by atoms with Crippen molar-refractivity contribution in [1.82, 2.24) is 9.97 Å². The zero-order valence-corrected chi connectivity index (χ0v) is 16.0. The third-order valence-electron chi connectivity index (χ3n) is 4.51. The van der Waals surface area contributed by atoms with Gasteiger partial charge in [0.25, 0.3) is 0 Å². The van der Waals surface area contributed by atoms with Crippen molar-refractivity contribution in [3.05, 3.63) is 83.4 Å². The van der Waals surface area contributed by atoms with E-state index >= 15 is 0 Å². The van der Waals surface area contributed by atoms with Crippen LogP contribution in [0.3, 0.4) is 0 Å². The molecule has 0 atom stereocenters. The van der Waals surface area contributed by atoms with Crippen molar-refractivity contribution < 1.29 is 4.74 Å². The normalized spacial score (nSPS) is 11.0. The Morgan fingerprint density at radius 3 is 2.63 bits per heavy atom. The van der Waals surface area contributed by atoms with Crippen LogP contribution in [0.2, 0.25) is 0 Å². The maximum atomic E-state index is 5.80. The number of H-pyrrole nitrogens is 1. The van der Waals surface area contributed by atoms with Gasteiger partial charge in [0, 0.05) is 11.6 Å². The Labute approximate surface area is 164 Å². The molecule has 0 aliphatic carbocycles. The molecule has 4 heteroatoms. The average molecular weight is 377 g/mol. The minimum atomic E-state index is 0.462. The molecule has 1 heterocycles. The quantitative estimate of drug-likeness (QED) is 0.435. The average Bonchev–Trinajstić information content (AvgIpc) is 3.12. The van der Waals surface area contributed by atoms with E-state index in [0.717, 1.165) is 40.2 Å². The van der Waals surface area contributed by atoms with Crippen molar-refractivity contribution in [1.29, 1.82) is 0 Å². The molecule has 0 aliphatic rings. The summed E-state index contributed by atoms with van der Waals surface area (Å²) in [5, 5.41) is 0. The van der Waals surface area contributed by atoms with Gasteiger partial charge in [0.15, 0.2) is 0 Å². The number of halogens is 1. The Kier molecular flexibility index (Phi) is 5.12. The lowest BCUT2D eigenvalue weighted by Crippen LogP contribution is -1.99. The second-order valence-corrected chi connectivity index (χ2v) is 7.01. The third-order valence-corrected chi connectivity index (χ3v) is 4.67. The number of imidazole rings is 1. The summed E-state index contributed by atoms with van der Waals surface area (Å²) in [6, 6.07) is 22.8. The largest absolute Gasteiger partial charge is 0.492 e. The Morgan fingerprint density at radius 1 is 1.00 bits per heavy atom. The number of rotatable bonds is 6. The smallest absolute Gasteiger partial charge is 0.138 e. The summed E-state index contributed by atoms with van der Waals surface area (Å²) in [7, 11) is 0. The van der Waals surface area contributed by atoms with Crippen LogP contribution in [-0.2, 0) is 6.42 Å². The topological polar surface area (TPSA) is 37.9 Å². The van der Waals surface area contributed by atoms with Gasteiger partial charge in [-0.05, 0) is 36.6 Å². The number of hydrogen-bond acceptors (Lipinski definition) is 2. The Balaban J connectivity index is 1.80. The molecule has 0 radical (unpaired) electrons. The molecule has 0 aliphatic heterocycles. The number of aromatic amines is 1. The number of aromatic nitrogens is 2. The van der Waals surface area contributed by atoms with E-state index in [2.05, 4.69) is 66.5 Å². The van der Waals surface area contributed by atoms with Gasteiger partial charge in [0.2, 0.25) is 0 Å². The summed E-state index contributed by atoms with van der Waals surface area (Å²) in [6.07, 6.45) is 0.799. The molecule has 1 aromatic heterocycles. The lowest BCUT2D eigenvalue weighted by molar-refractivity contribution is 0.343. The molecule has 0 saturated carbocycles. The molecule has 27 heavy (non-hydrogen) atoms. The highest BCUT2D eigenvalue weighted by molar-refractivity contribution is 6.18. The van der Waals surface area contributed by atoms with E-state index in [1.54, 1.807) is 0 Å². The second-order valence-electron chi connectivity index (χ2n) is 6.63. The highest BCUT2D eigenvalue weighted by Gasteiger charge is 2.12. The first kappa shape index (κ1) is 17.6. The van der Waals surface area contributed by atoms with Crippen LogP contribution in [0.15, 0.2) is 66.7 Å². The lowest BCUT2D eigenvalue weighted by atomic mass is 10.0. The number of aryl methyl sites for hydroxylation is 1. The molecule has 0 bridgehead atoms. The van der Waals surface area contributed by atoms with Gasteiger partial charge < -0.3 is 9.72 Å². The Bertz CT molecular complexity index is 1060. The maximum absolute atomic E-state index is 5.80. The van der Waals surface area contributed by atoms with Gasteiger partial charge in [0.1, 0.15) is 18.2 Å². The van der Waals surface area contributed by atoms with Crippen LogP contribution in [0.25, 0.3) is 22.4 Å². The molecule has 4 aromatic rings. The molecule has 3 nitrogen and oxygen atoms in total. The number of fused-ring (bicyclic) bond motifs is 1. The number of alkyl halides is 1. The minimum absolute atomic E-state index is 0.462. The zero-order chi connectivity index (χ0) is 18.6. The number of ether oxygens (including phenoxy) is 1. The molecule has 0 fully saturated rings. The van der Waals surface area contributed by atoms with Crippen molar-refractivity contribution in [2.24, 2.45) is 0 Å². The molecule has 3 aromatic carbocycles. The van der Waals surface area contributed by atoms with Crippen molar-refractivity contribution in [2.75, 3.05) is 12.5 Å². The van der Waals surface area contributed by atoms with Crippen molar-refractivity contribution in [3.8, 4) is 17.1 Å². The van der Waals surface area contributed by atoms with Gasteiger partial charge in [-0.1, -0.05) is 54.1 Å². The number of hydrogen-bond donors (Lipinski definition) is 1. The van der Waals surface area contributed by atoms with E-state index in [-0.39, 0.29) is 0 Å². The zero-order valence-electron chi connectivity index (χ0n) is 15.2. The summed E-state index contributed by atoms with van der Waals surface area (Å²) >= 11 is 5.79. The monoisotopic (exact) mass is 376 g/mol. The van der Waals surface area contributed by atoms with Crippen LogP contribution in [0, 0.1) is 6.92 Å². The molecular formula is C23H21ClN2O. The van der Waals surface area contributed by atoms with Crippen LogP contribution < -0.4 is 4.74 Å². The third kappa shape index (κ3) is 3.99. The fraction of sp³-hybridized carbons (Fsp3) is 0.174. The summed E-state index contributed by atoms with van der Waals surface area (Å²) in [4.78, 5) is 8.36. The van der Waals surface area contributed by atoms with Crippen molar-refractivity contribution in [3.63, 3.8) is 0 Å².